The van der Waals surface area contributed by atoms with Crippen molar-refractivity contribution in [2.24, 2.45) is 0 Å². The fourth-order valence-corrected chi connectivity index (χ4v) is 2.22. The molecule has 4 heteroatoms. The van der Waals surface area contributed by atoms with Crippen LogP contribution < -0.4 is 10.6 Å². The highest BCUT2D eigenvalue weighted by atomic mass is 15.1. The standard InChI is InChI=1S/C16H22N4/c1-5-6-14-19-15(17-4)10-16(20-14)18-13-8-11(2)7-12(3)9-13/h7-10H,5-6H2,1-4H3,(H2,17,18,19,20). The first-order chi connectivity index (χ1) is 9.60. The minimum absolute atomic E-state index is 0.831. The Morgan fingerprint density at radius 2 is 1.60 bits per heavy atom. The lowest BCUT2D eigenvalue weighted by molar-refractivity contribution is 0.838. The third-order valence-electron chi connectivity index (χ3n) is 3.00. The van der Waals surface area contributed by atoms with Crippen LogP contribution in [0, 0.1) is 13.8 Å². The van der Waals surface area contributed by atoms with Crippen molar-refractivity contribution >= 4 is 17.3 Å². The van der Waals surface area contributed by atoms with Gasteiger partial charge < -0.3 is 10.6 Å². The van der Waals surface area contributed by atoms with Gasteiger partial charge in [-0.2, -0.15) is 0 Å². The van der Waals surface area contributed by atoms with Gasteiger partial charge in [-0.05, 0) is 43.5 Å². The monoisotopic (exact) mass is 270 g/mol. The summed E-state index contributed by atoms with van der Waals surface area (Å²) in [5, 5.41) is 6.45. The van der Waals surface area contributed by atoms with Crippen molar-refractivity contribution in [2.75, 3.05) is 17.7 Å². The van der Waals surface area contributed by atoms with Crippen molar-refractivity contribution in [3.05, 3.63) is 41.2 Å². The second-order valence-corrected chi connectivity index (χ2v) is 5.06. The molecule has 1 aromatic carbocycles. The molecule has 0 aliphatic heterocycles. The number of benzene rings is 1. The van der Waals surface area contributed by atoms with E-state index in [-0.39, 0.29) is 0 Å². The molecule has 0 fully saturated rings. The molecule has 0 amide bonds. The van der Waals surface area contributed by atoms with Gasteiger partial charge in [0.15, 0.2) is 0 Å². The van der Waals surface area contributed by atoms with Crippen molar-refractivity contribution < 1.29 is 0 Å². The van der Waals surface area contributed by atoms with Crippen LogP contribution in [-0.4, -0.2) is 17.0 Å². The Hall–Kier alpha value is -2.10. The number of nitrogens with zero attached hydrogens (tertiary/aromatic N) is 2. The average molecular weight is 270 g/mol. The summed E-state index contributed by atoms with van der Waals surface area (Å²) in [7, 11) is 1.87. The molecule has 20 heavy (non-hydrogen) atoms. The lowest BCUT2D eigenvalue weighted by Gasteiger charge is -2.11. The summed E-state index contributed by atoms with van der Waals surface area (Å²) in [6.07, 6.45) is 1.92. The third-order valence-corrected chi connectivity index (χ3v) is 3.00. The van der Waals surface area contributed by atoms with Crippen LogP contribution in [0.5, 0.6) is 0 Å². The minimum Gasteiger partial charge on any atom is -0.373 e. The quantitative estimate of drug-likeness (QED) is 0.867. The van der Waals surface area contributed by atoms with E-state index in [0.29, 0.717) is 0 Å². The summed E-state index contributed by atoms with van der Waals surface area (Å²) in [4.78, 5) is 9.02. The lowest BCUT2D eigenvalue weighted by Crippen LogP contribution is -2.04. The molecule has 1 heterocycles. The molecule has 1 aromatic heterocycles. The number of hydrogen-bond donors (Lipinski definition) is 2. The van der Waals surface area contributed by atoms with Crippen LogP contribution in [0.1, 0.15) is 30.3 Å². The Kier molecular flexibility index (Phi) is 4.56. The van der Waals surface area contributed by atoms with Gasteiger partial charge in [-0.25, -0.2) is 9.97 Å². The fraction of sp³-hybridized carbons (Fsp3) is 0.375. The Bertz CT molecular complexity index is 573. The second-order valence-electron chi connectivity index (χ2n) is 5.06. The maximum absolute atomic E-state index is 4.56. The van der Waals surface area contributed by atoms with E-state index in [1.165, 1.54) is 11.1 Å². The SMILES string of the molecule is CCCc1nc(NC)cc(Nc2cc(C)cc(C)c2)n1. The maximum Gasteiger partial charge on any atom is 0.136 e. The van der Waals surface area contributed by atoms with Crippen molar-refractivity contribution in [1.29, 1.82) is 0 Å². The molecular weight excluding hydrogens is 248 g/mol. The van der Waals surface area contributed by atoms with Gasteiger partial charge >= 0.3 is 0 Å². The maximum atomic E-state index is 4.56. The molecule has 2 aromatic rings. The van der Waals surface area contributed by atoms with E-state index < -0.39 is 0 Å². The zero-order valence-electron chi connectivity index (χ0n) is 12.6. The number of hydrogen-bond acceptors (Lipinski definition) is 4. The van der Waals surface area contributed by atoms with E-state index in [4.69, 9.17) is 0 Å². The highest BCUT2D eigenvalue weighted by molar-refractivity contribution is 5.60. The van der Waals surface area contributed by atoms with Gasteiger partial charge in [0.1, 0.15) is 17.5 Å². The highest BCUT2D eigenvalue weighted by Crippen LogP contribution is 2.20. The molecule has 0 atom stereocenters. The van der Waals surface area contributed by atoms with Gasteiger partial charge in [-0.3, -0.25) is 0 Å². The number of anilines is 3. The minimum atomic E-state index is 0.831. The summed E-state index contributed by atoms with van der Waals surface area (Å²) >= 11 is 0. The molecule has 0 bridgehead atoms. The predicted octanol–water partition coefficient (Wildman–Crippen LogP) is 3.83. The van der Waals surface area contributed by atoms with Crippen LogP contribution in [-0.2, 0) is 6.42 Å². The van der Waals surface area contributed by atoms with Crippen molar-refractivity contribution in [1.82, 2.24) is 9.97 Å². The van der Waals surface area contributed by atoms with Crippen molar-refractivity contribution in [2.45, 2.75) is 33.6 Å². The zero-order chi connectivity index (χ0) is 14.5. The van der Waals surface area contributed by atoms with Gasteiger partial charge in [0.25, 0.3) is 0 Å². The Balaban J connectivity index is 2.29. The van der Waals surface area contributed by atoms with E-state index in [0.717, 1.165) is 36.0 Å². The summed E-state index contributed by atoms with van der Waals surface area (Å²) < 4.78 is 0. The fourth-order valence-electron chi connectivity index (χ4n) is 2.22. The number of aromatic nitrogens is 2. The van der Waals surface area contributed by atoms with Gasteiger partial charge in [0.2, 0.25) is 0 Å². The zero-order valence-corrected chi connectivity index (χ0v) is 12.6. The van der Waals surface area contributed by atoms with Crippen LogP contribution in [0.25, 0.3) is 0 Å². The van der Waals surface area contributed by atoms with Crippen LogP contribution in [0.3, 0.4) is 0 Å². The first-order valence-electron chi connectivity index (χ1n) is 7.01. The van der Waals surface area contributed by atoms with E-state index in [2.05, 4.69) is 59.6 Å². The number of aryl methyl sites for hydroxylation is 3. The summed E-state index contributed by atoms with van der Waals surface area (Å²) in [5.41, 5.74) is 3.54. The first kappa shape index (κ1) is 14.3. The molecule has 106 valence electrons. The first-order valence-corrected chi connectivity index (χ1v) is 7.01. The van der Waals surface area contributed by atoms with Crippen LogP contribution in [0.15, 0.2) is 24.3 Å². The van der Waals surface area contributed by atoms with Crippen LogP contribution in [0.2, 0.25) is 0 Å². The predicted molar refractivity (Wildman–Crippen MR) is 84.8 cm³/mol. The normalized spacial score (nSPS) is 10.4. The summed E-state index contributed by atoms with van der Waals surface area (Å²) in [6.45, 7) is 6.33. The topological polar surface area (TPSA) is 49.8 Å². The molecule has 0 radical (unpaired) electrons. The molecule has 0 aliphatic rings. The molecule has 0 saturated heterocycles. The Labute approximate surface area is 120 Å². The third kappa shape index (κ3) is 3.70. The molecule has 0 spiro atoms. The Morgan fingerprint density at radius 1 is 0.950 bits per heavy atom. The van der Waals surface area contributed by atoms with Gasteiger partial charge in [0.05, 0.1) is 0 Å². The molecule has 4 nitrogen and oxygen atoms in total. The summed E-state index contributed by atoms with van der Waals surface area (Å²) in [6, 6.07) is 8.32. The Morgan fingerprint density at radius 3 is 2.20 bits per heavy atom. The van der Waals surface area contributed by atoms with Crippen LogP contribution >= 0.6 is 0 Å². The van der Waals surface area contributed by atoms with Crippen LogP contribution in [0.4, 0.5) is 17.3 Å². The number of rotatable bonds is 5. The van der Waals surface area contributed by atoms with Gasteiger partial charge in [0, 0.05) is 25.2 Å². The van der Waals surface area contributed by atoms with E-state index >= 15 is 0 Å². The van der Waals surface area contributed by atoms with Crippen molar-refractivity contribution in [3.63, 3.8) is 0 Å². The second kappa shape index (κ2) is 6.37. The van der Waals surface area contributed by atoms with Gasteiger partial charge in [-0.1, -0.05) is 13.0 Å². The molecule has 0 unspecified atom stereocenters. The average Bonchev–Trinajstić information content (AvgIpc) is 2.37. The lowest BCUT2D eigenvalue weighted by atomic mass is 10.1. The highest BCUT2D eigenvalue weighted by Gasteiger charge is 2.04. The van der Waals surface area contributed by atoms with Gasteiger partial charge in [-0.15, -0.1) is 0 Å². The number of nitrogens with one attached hydrogen (secondary N) is 2. The molecule has 0 aliphatic carbocycles. The van der Waals surface area contributed by atoms with Crippen molar-refractivity contribution in [3.8, 4) is 0 Å². The molecule has 0 saturated carbocycles. The van der Waals surface area contributed by atoms with E-state index in [9.17, 15) is 0 Å². The largest absolute Gasteiger partial charge is 0.373 e. The molecule has 2 rings (SSSR count). The smallest absolute Gasteiger partial charge is 0.136 e. The summed E-state index contributed by atoms with van der Waals surface area (Å²) in [5.74, 6) is 2.54. The van der Waals surface area contributed by atoms with E-state index in [1.54, 1.807) is 0 Å². The molecule has 2 N–H and O–H groups in total. The van der Waals surface area contributed by atoms with E-state index in [1.807, 2.05) is 13.1 Å². The molecular formula is C16H22N4.